The first-order chi connectivity index (χ1) is 17.2. The molecule has 1 fully saturated rings. The first kappa shape index (κ1) is 23.4. The van der Waals surface area contributed by atoms with Crippen LogP contribution in [0.3, 0.4) is 0 Å². The zero-order chi connectivity index (χ0) is 24.0. The monoisotopic (exact) mass is 472 g/mol. The van der Waals surface area contributed by atoms with Gasteiger partial charge in [0.1, 0.15) is 18.1 Å². The van der Waals surface area contributed by atoms with E-state index in [1.807, 2.05) is 59.5 Å². The second-order valence-corrected chi connectivity index (χ2v) is 9.51. The second kappa shape index (κ2) is 10.9. The molecular weight excluding hydrogens is 440 g/mol. The summed E-state index contributed by atoms with van der Waals surface area (Å²) < 4.78 is 11.6. The largest absolute Gasteiger partial charge is 0.461 e. The smallest absolute Gasteiger partial charge is 0.250 e. The Morgan fingerprint density at radius 1 is 1.00 bits per heavy atom. The van der Waals surface area contributed by atoms with E-state index in [9.17, 15) is 9.59 Å². The fourth-order valence-electron chi connectivity index (χ4n) is 5.02. The van der Waals surface area contributed by atoms with Crippen molar-refractivity contribution in [3.05, 3.63) is 77.6 Å². The highest BCUT2D eigenvalue weighted by molar-refractivity contribution is 5.91. The minimum atomic E-state index is -0.190. The van der Waals surface area contributed by atoms with E-state index in [0.717, 1.165) is 54.0 Å². The molecule has 1 aromatic heterocycles. The van der Waals surface area contributed by atoms with E-state index < -0.39 is 0 Å². The normalized spacial score (nSPS) is 16.1. The summed E-state index contributed by atoms with van der Waals surface area (Å²) in [6.07, 6.45) is 6.40. The standard InChI is InChI=1S/C29H32N2O4/c32-28(20-34-19-21-7-3-1-4-8-21)30-25-13-11-22(12-14-25)27-17-24-18-31(16-15-26(24)35-27)29(33)23-9-5-2-6-10-23/h1,3-4,7-8,11-14,17,23H,2,5-6,9-10,15-16,18-20H2,(H,30,32). The summed E-state index contributed by atoms with van der Waals surface area (Å²) in [7, 11) is 0. The van der Waals surface area contributed by atoms with Gasteiger partial charge in [0, 0.05) is 42.2 Å². The zero-order valence-corrected chi connectivity index (χ0v) is 20.0. The molecule has 2 heterocycles. The number of carbonyl (C=O) groups excluding carboxylic acids is 2. The number of benzene rings is 2. The Balaban J connectivity index is 1.15. The molecule has 0 spiro atoms. The number of nitrogens with zero attached hydrogens (tertiary/aromatic N) is 1. The van der Waals surface area contributed by atoms with Gasteiger partial charge in [-0.1, -0.05) is 49.6 Å². The maximum Gasteiger partial charge on any atom is 0.250 e. The summed E-state index contributed by atoms with van der Waals surface area (Å²) in [5.74, 6) is 2.09. The van der Waals surface area contributed by atoms with Gasteiger partial charge in [-0.25, -0.2) is 0 Å². The minimum Gasteiger partial charge on any atom is -0.461 e. The van der Waals surface area contributed by atoms with Gasteiger partial charge in [-0.05, 0) is 48.7 Å². The lowest BCUT2D eigenvalue weighted by Gasteiger charge is -2.31. The van der Waals surface area contributed by atoms with Crippen LogP contribution in [0.2, 0.25) is 0 Å². The molecule has 0 atom stereocenters. The third-order valence-corrected chi connectivity index (χ3v) is 6.93. The molecule has 2 aliphatic rings. The van der Waals surface area contributed by atoms with Crippen molar-refractivity contribution in [2.45, 2.75) is 51.7 Å². The Hall–Kier alpha value is -3.38. The van der Waals surface area contributed by atoms with Gasteiger partial charge < -0.3 is 19.4 Å². The Morgan fingerprint density at radius 3 is 2.54 bits per heavy atom. The Bertz CT molecular complexity index is 1150. The fourth-order valence-corrected chi connectivity index (χ4v) is 5.02. The second-order valence-electron chi connectivity index (χ2n) is 9.51. The molecular formula is C29H32N2O4. The summed E-state index contributed by atoms with van der Waals surface area (Å²) in [5, 5.41) is 2.87. The number of nitrogens with one attached hydrogen (secondary N) is 1. The van der Waals surface area contributed by atoms with Gasteiger partial charge in [0.05, 0.1) is 6.61 Å². The maximum absolute atomic E-state index is 13.0. The number of hydrogen-bond donors (Lipinski definition) is 1. The molecule has 0 unspecified atom stereocenters. The molecule has 1 aliphatic heterocycles. The van der Waals surface area contributed by atoms with E-state index in [0.29, 0.717) is 24.7 Å². The van der Waals surface area contributed by atoms with Crippen molar-refractivity contribution < 1.29 is 18.7 Å². The molecule has 1 saturated carbocycles. The van der Waals surface area contributed by atoms with Crippen LogP contribution in [0.15, 0.2) is 65.1 Å². The number of anilines is 1. The SMILES string of the molecule is O=C(COCc1ccccc1)Nc1ccc(-c2cc3c(o2)CCN(C(=O)C2CCCCC2)C3)cc1. The minimum absolute atomic E-state index is 0.00235. The summed E-state index contributed by atoms with van der Waals surface area (Å²) in [4.78, 5) is 27.2. The predicted molar refractivity (Wildman–Crippen MR) is 135 cm³/mol. The zero-order valence-electron chi connectivity index (χ0n) is 20.0. The van der Waals surface area contributed by atoms with Crippen molar-refractivity contribution in [1.29, 1.82) is 0 Å². The molecule has 1 aliphatic carbocycles. The van der Waals surface area contributed by atoms with E-state index >= 15 is 0 Å². The molecule has 35 heavy (non-hydrogen) atoms. The number of hydrogen-bond acceptors (Lipinski definition) is 4. The van der Waals surface area contributed by atoms with Crippen molar-refractivity contribution in [3.8, 4) is 11.3 Å². The quantitative estimate of drug-likeness (QED) is 0.488. The molecule has 1 N–H and O–H groups in total. The van der Waals surface area contributed by atoms with Gasteiger partial charge in [-0.15, -0.1) is 0 Å². The van der Waals surface area contributed by atoms with Crippen molar-refractivity contribution in [1.82, 2.24) is 4.90 Å². The number of rotatable bonds is 7. The van der Waals surface area contributed by atoms with Crippen molar-refractivity contribution in [3.63, 3.8) is 0 Å². The lowest BCUT2D eigenvalue weighted by Crippen LogP contribution is -2.40. The third-order valence-electron chi connectivity index (χ3n) is 6.93. The van der Waals surface area contributed by atoms with Gasteiger partial charge in [0.25, 0.3) is 0 Å². The number of ether oxygens (including phenoxy) is 1. The summed E-state index contributed by atoms with van der Waals surface area (Å²) in [6, 6.07) is 19.4. The Kier molecular flexibility index (Phi) is 7.28. The number of carbonyl (C=O) groups is 2. The first-order valence-electron chi connectivity index (χ1n) is 12.6. The number of fused-ring (bicyclic) bond motifs is 1. The Labute approximate surface area is 206 Å². The topological polar surface area (TPSA) is 71.8 Å². The van der Waals surface area contributed by atoms with Crippen LogP contribution in [-0.2, 0) is 33.9 Å². The molecule has 0 radical (unpaired) electrons. The third kappa shape index (κ3) is 5.82. The summed E-state index contributed by atoms with van der Waals surface area (Å²) in [5.41, 5.74) is 3.79. The van der Waals surface area contributed by atoms with Gasteiger partial charge >= 0.3 is 0 Å². The van der Waals surface area contributed by atoms with E-state index in [1.165, 1.54) is 19.3 Å². The highest BCUT2D eigenvalue weighted by atomic mass is 16.5. The maximum atomic E-state index is 13.0. The van der Waals surface area contributed by atoms with Crippen LogP contribution >= 0.6 is 0 Å². The van der Waals surface area contributed by atoms with Crippen LogP contribution in [0.5, 0.6) is 0 Å². The predicted octanol–water partition coefficient (Wildman–Crippen LogP) is 5.57. The van der Waals surface area contributed by atoms with E-state index in [-0.39, 0.29) is 18.4 Å². The average molecular weight is 473 g/mol. The van der Waals surface area contributed by atoms with E-state index in [1.54, 1.807) is 0 Å². The molecule has 3 aromatic rings. The molecule has 6 nitrogen and oxygen atoms in total. The molecule has 182 valence electrons. The van der Waals surface area contributed by atoms with Crippen LogP contribution in [0.1, 0.15) is 49.0 Å². The molecule has 0 saturated heterocycles. The Morgan fingerprint density at radius 2 is 1.77 bits per heavy atom. The van der Waals surface area contributed by atoms with Gasteiger partial charge in [-0.3, -0.25) is 9.59 Å². The highest BCUT2D eigenvalue weighted by Gasteiger charge is 2.30. The van der Waals surface area contributed by atoms with Gasteiger partial charge in [0.2, 0.25) is 11.8 Å². The van der Waals surface area contributed by atoms with E-state index in [4.69, 9.17) is 9.15 Å². The first-order valence-corrected chi connectivity index (χ1v) is 12.6. The van der Waals surface area contributed by atoms with Crippen LogP contribution in [0, 0.1) is 5.92 Å². The van der Waals surface area contributed by atoms with E-state index in [2.05, 4.69) is 11.4 Å². The van der Waals surface area contributed by atoms with Crippen LogP contribution in [0.4, 0.5) is 5.69 Å². The molecule has 6 heteroatoms. The van der Waals surface area contributed by atoms with Crippen LogP contribution in [0.25, 0.3) is 11.3 Å². The van der Waals surface area contributed by atoms with Crippen LogP contribution in [-0.4, -0.2) is 29.9 Å². The lowest BCUT2D eigenvalue weighted by molar-refractivity contribution is -0.137. The van der Waals surface area contributed by atoms with Crippen molar-refractivity contribution in [2.24, 2.45) is 5.92 Å². The summed E-state index contributed by atoms with van der Waals surface area (Å²) in [6.45, 7) is 1.76. The average Bonchev–Trinajstić information content (AvgIpc) is 3.33. The number of amides is 2. The number of furan rings is 1. The summed E-state index contributed by atoms with van der Waals surface area (Å²) >= 11 is 0. The van der Waals surface area contributed by atoms with Crippen LogP contribution < -0.4 is 5.32 Å². The lowest BCUT2D eigenvalue weighted by atomic mass is 9.88. The van der Waals surface area contributed by atoms with Crippen molar-refractivity contribution in [2.75, 3.05) is 18.5 Å². The van der Waals surface area contributed by atoms with Crippen molar-refractivity contribution >= 4 is 17.5 Å². The highest BCUT2D eigenvalue weighted by Crippen LogP contribution is 2.32. The van der Waals surface area contributed by atoms with Gasteiger partial charge in [-0.2, -0.15) is 0 Å². The van der Waals surface area contributed by atoms with Gasteiger partial charge in [0.15, 0.2) is 0 Å². The fraction of sp³-hybridized carbons (Fsp3) is 0.379. The molecule has 2 aromatic carbocycles. The molecule has 0 bridgehead atoms. The molecule has 2 amide bonds. The molecule has 5 rings (SSSR count).